The molecule has 0 bridgehead atoms. The Morgan fingerprint density at radius 2 is 1.82 bits per heavy atom. The lowest BCUT2D eigenvalue weighted by atomic mass is 10.1. The summed E-state index contributed by atoms with van der Waals surface area (Å²) >= 11 is 5.90. The monoisotopic (exact) mass is 477 g/mol. The molecule has 0 radical (unpaired) electrons. The van der Waals surface area contributed by atoms with Crippen LogP contribution in [0.25, 0.3) is 11.3 Å². The van der Waals surface area contributed by atoms with E-state index < -0.39 is 0 Å². The summed E-state index contributed by atoms with van der Waals surface area (Å²) in [6, 6.07) is 9.22. The van der Waals surface area contributed by atoms with Crippen molar-refractivity contribution < 1.29 is 4.52 Å². The normalized spacial score (nSPS) is 14.0. The van der Waals surface area contributed by atoms with E-state index in [1.165, 1.54) is 4.68 Å². The molecule has 0 aliphatic carbocycles. The van der Waals surface area contributed by atoms with Gasteiger partial charge in [0, 0.05) is 55.8 Å². The number of halogens is 1. The van der Waals surface area contributed by atoms with Gasteiger partial charge in [0.15, 0.2) is 0 Å². The maximum Gasteiger partial charge on any atom is 0.269 e. The van der Waals surface area contributed by atoms with Gasteiger partial charge in [-0.25, -0.2) is 9.67 Å². The van der Waals surface area contributed by atoms with E-state index in [0.717, 1.165) is 54.4 Å². The Hall–Kier alpha value is -3.72. The fraction of sp³-hybridized carbons (Fsp3) is 0.292. The third-order valence-electron chi connectivity index (χ3n) is 6.11. The summed E-state index contributed by atoms with van der Waals surface area (Å²) in [6.07, 6.45) is 5.19. The van der Waals surface area contributed by atoms with Crippen molar-refractivity contribution >= 4 is 23.0 Å². The average Bonchev–Trinajstić information content (AvgIpc) is 3.21. The van der Waals surface area contributed by atoms with Crippen LogP contribution in [0.2, 0.25) is 5.15 Å². The number of aryl methyl sites for hydroxylation is 2. The second-order valence-corrected chi connectivity index (χ2v) is 8.61. The third-order valence-corrected chi connectivity index (χ3v) is 6.34. The van der Waals surface area contributed by atoms with Crippen molar-refractivity contribution in [1.82, 2.24) is 24.9 Å². The summed E-state index contributed by atoms with van der Waals surface area (Å²) in [4.78, 5) is 25.9. The van der Waals surface area contributed by atoms with Gasteiger partial charge in [-0.1, -0.05) is 16.8 Å². The maximum atomic E-state index is 12.9. The summed E-state index contributed by atoms with van der Waals surface area (Å²) < 4.78 is 6.82. The molecule has 4 aromatic rings. The molecule has 0 atom stereocenters. The Kier molecular flexibility index (Phi) is 6.02. The Morgan fingerprint density at radius 1 is 1.03 bits per heavy atom. The van der Waals surface area contributed by atoms with E-state index >= 15 is 0 Å². The Labute approximate surface area is 201 Å². The molecule has 1 aliphatic heterocycles. The van der Waals surface area contributed by atoms with Gasteiger partial charge in [0.1, 0.15) is 16.6 Å². The first-order chi connectivity index (χ1) is 16.5. The second-order valence-electron chi connectivity index (χ2n) is 8.23. The molecule has 5 heterocycles. The first-order valence-electron chi connectivity index (χ1n) is 11.1. The molecular formula is C24H24ClN7O2. The molecule has 1 aliphatic rings. The minimum Gasteiger partial charge on any atom is -0.367 e. The molecule has 1 saturated heterocycles. The summed E-state index contributed by atoms with van der Waals surface area (Å²) in [7, 11) is 0. The smallest absolute Gasteiger partial charge is 0.269 e. The van der Waals surface area contributed by atoms with Crippen molar-refractivity contribution in [1.29, 1.82) is 0 Å². The highest BCUT2D eigenvalue weighted by Crippen LogP contribution is 2.26. The van der Waals surface area contributed by atoms with Crippen molar-refractivity contribution in [2.24, 2.45) is 0 Å². The second kappa shape index (κ2) is 9.26. The molecule has 34 heavy (non-hydrogen) atoms. The zero-order valence-electron chi connectivity index (χ0n) is 19.0. The van der Waals surface area contributed by atoms with Gasteiger partial charge in [-0.2, -0.15) is 5.10 Å². The van der Waals surface area contributed by atoms with Crippen LogP contribution in [0, 0.1) is 13.8 Å². The number of nitrogens with zero attached hydrogens (tertiary/aromatic N) is 7. The van der Waals surface area contributed by atoms with Gasteiger partial charge >= 0.3 is 0 Å². The molecule has 0 amide bonds. The van der Waals surface area contributed by atoms with E-state index in [9.17, 15) is 4.79 Å². The van der Waals surface area contributed by atoms with E-state index in [2.05, 4.69) is 36.1 Å². The summed E-state index contributed by atoms with van der Waals surface area (Å²) in [6.45, 7) is 7.41. The van der Waals surface area contributed by atoms with Gasteiger partial charge in [-0.15, -0.1) is 0 Å². The predicted molar refractivity (Wildman–Crippen MR) is 130 cm³/mol. The quantitative estimate of drug-likeness (QED) is 0.404. The van der Waals surface area contributed by atoms with Crippen molar-refractivity contribution in [2.75, 3.05) is 36.0 Å². The molecular weight excluding hydrogens is 454 g/mol. The topological polar surface area (TPSA) is 93.2 Å². The van der Waals surface area contributed by atoms with Gasteiger partial charge in [0.05, 0.1) is 29.8 Å². The van der Waals surface area contributed by atoms with Gasteiger partial charge in [-0.3, -0.25) is 9.78 Å². The molecule has 0 saturated carbocycles. The summed E-state index contributed by atoms with van der Waals surface area (Å²) in [5, 5.41) is 8.99. The number of piperazine rings is 1. The van der Waals surface area contributed by atoms with Crippen LogP contribution in [-0.4, -0.2) is 51.1 Å². The van der Waals surface area contributed by atoms with Crippen LogP contribution in [-0.2, 0) is 6.54 Å². The number of aromatic nitrogens is 5. The standard InChI is InChI=1S/C24H24ClN7O2/c1-16-21(4-3-7-26-16)31-10-8-30(9-11-31)19-12-23(33)32(28-14-19)15-20-17(2)34-29-24(20)18-5-6-22(25)27-13-18/h3-7,12-14H,8-11,15H2,1-2H3. The lowest BCUT2D eigenvalue weighted by Gasteiger charge is -2.37. The van der Waals surface area contributed by atoms with Crippen molar-refractivity contribution in [3.05, 3.63) is 81.4 Å². The molecule has 1 fully saturated rings. The maximum absolute atomic E-state index is 12.9. The van der Waals surface area contributed by atoms with Crippen molar-refractivity contribution in [2.45, 2.75) is 20.4 Å². The Balaban J connectivity index is 1.31. The van der Waals surface area contributed by atoms with E-state index in [1.54, 1.807) is 24.5 Å². The van der Waals surface area contributed by atoms with E-state index in [1.807, 2.05) is 32.2 Å². The summed E-state index contributed by atoms with van der Waals surface area (Å²) in [5.41, 5.74) is 5.01. The van der Waals surface area contributed by atoms with Gasteiger partial charge in [-0.05, 0) is 38.1 Å². The van der Waals surface area contributed by atoms with Gasteiger partial charge in [0.25, 0.3) is 5.56 Å². The highest BCUT2D eigenvalue weighted by atomic mass is 35.5. The SMILES string of the molecule is Cc1ncccc1N1CCN(c2cnn(Cc3c(-c4ccc(Cl)nc4)noc3C)c(=O)c2)CC1. The lowest BCUT2D eigenvalue weighted by Crippen LogP contribution is -2.47. The molecule has 9 nitrogen and oxygen atoms in total. The van der Waals surface area contributed by atoms with Crippen LogP contribution in [0.5, 0.6) is 0 Å². The largest absolute Gasteiger partial charge is 0.367 e. The van der Waals surface area contributed by atoms with Crippen LogP contribution < -0.4 is 15.4 Å². The van der Waals surface area contributed by atoms with Crippen LogP contribution >= 0.6 is 11.6 Å². The first kappa shape index (κ1) is 22.1. The number of rotatable bonds is 5. The third kappa shape index (κ3) is 4.38. The molecule has 0 aromatic carbocycles. The van der Waals surface area contributed by atoms with Crippen LogP contribution in [0.1, 0.15) is 17.0 Å². The highest BCUT2D eigenvalue weighted by molar-refractivity contribution is 6.29. The zero-order chi connectivity index (χ0) is 23.7. The Morgan fingerprint density at radius 3 is 2.53 bits per heavy atom. The van der Waals surface area contributed by atoms with Crippen molar-refractivity contribution in [3.8, 4) is 11.3 Å². The summed E-state index contributed by atoms with van der Waals surface area (Å²) in [5.74, 6) is 0.629. The minimum atomic E-state index is -0.177. The molecule has 0 N–H and O–H groups in total. The molecule has 0 unspecified atom stereocenters. The molecule has 4 aromatic heterocycles. The van der Waals surface area contributed by atoms with Crippen molar-refractivity contribution in [3.63, 3.8) is 0 Å². The molecule has 5 rings (SSSR count). The van der Waals surface area contributed by atoms with E-state index in [4.69, 9.17) is 16.1 Å². The molecule has 10 heteroatoms. The first-order valence-corrected chi connectivity index (χ1v) is 11.4. The predicted octanol–water partition coefficient (Wildman–Crippen LogP) is 3.33. The van der Waals surface area contributed by atoms with Crippen LogP contribution in [0.4, 0.5) is 11.4 Å². The number of pyridine rings is 2. The van der Waals surface area contributed by atoms with Gasteiger partial charge in [0.2, 0.25) is 0 Å². The average molecular weight is 478 g/mol. The fourth-order valence-corrected chi connectivity index (χ4v) is 4.31. The fourth-order valence-electron chi connectivity index (χ4n) is 4.20. The highest BCUT2D eigenvalue weighted by Gasteiger charge is 2.21. The molecule has 0 spiro atoms. The van der Waals surface area contributed by atoms with Gasteiger partial charge < -0.3 is 14.3 Å². The number of hydrogen-bond donors (Lipinski definition) is 0. The number of anilines is 2. The lowest BCUT2D eigenvalue weighted by molar-refractivity contribution is 0.397. The zero-order valence-corrected chi connectivity index (χ0v) is 19.7. The molecule has 174 valence electrons. The Bertz CT molecular complexity index is 1360. The number of hydrogen-bond acceptors (Lipinski definition) is 8. The van der Waals surface area contributed by atoms with Crippen LogP contribution in [0.3, 0.4) is 0 Å². The van der Waals surface area contributed by atoms with Crippen LogP contribution in [0.15, 0.2) is 58.2 Å². The minimum absolute atomic E-state index is 0.177. The van der Waals surface area contributed by atoms with E-state index in [-0.39, 0.29) is 12.1 Å². The van der Waals surface area contributed by atoms with E-state index in [0.29, 0.717) is 16.6 Å².